The Kier molecular flexibility index (Phi) is 3.74. The molecule has 0 amide bonds. The van der Waals surface area contributed by atoms with Crippen molar-refractivity contribution in [3.05, 3.63) is 47.0 Å². The van der Waals surface area contributed by atoms with Crippen LogP contribution < -0.4 is 15.2 Å². The van der Waals surface area contributed by atoms with Crippen LogP contribution in [0.2, 0.25) is 0 Å². The van der Waals surface area contributed by atoms with Crippen LogP contribution in [0.1, 0.15) is 23.6 Å². The number of ether oxygens (including phenoxy) is 2. The maximum atomic E-state index is 14.6. The van der Waals surface area contributed by atoms with Crippen molar-refractivity contribution in [2.75, 3.05) is 14.2 Å². The van der Waals surface area contributed by atoms with Gasteiger partial charge in [-0.05, 0) is 29.5 Å². The first-order chi connectivity index (χ1) is 10.6. The smallest absolute Gasteiger partial charge is 0.176 e. The number of fused-ring (bicyclic) bond motifs is 1. The van der Waals surface area contributed by atoms with Crippen LogP contribution in [0.4, 0.5) is 8.78 Å². The van der Waals surface area contributed by atoms with E-state index in [4.69, 9.17) is 15.2 Å². The molecule has 5 heteroatoms. The van der Waals surface area contributed by atoms with Crippen molar-refractivity contribution in [3.8, 4) is 22.6 Å². The monoisotopic (exact) mass is 305 g/mol. The van der Waals surface area contributed by atoms with Crippen LogP contribution in [-0.2, 0) is 6.42 Å². The molecule has 22 heavy (non-hydrogen) atoms. The molecule has 0 saturated carbocycles. The van der Waals surface area contributed by atoms with Crippen molar-refractivity contribution in [1.82, 2.24) is 0 Å². The second-order valence-corrected chi connectivity index (χ2v) is 5.30. The summed E-state index contributed by atoms with van der Waals surface area (Å²) in [5, 5.41) is 0. The van der Waals surface area contributed by atoms with Crippen LogP contribution in [0.25, 0.3) is 11.1 Å². The Hall–Kier alpha value is -2.14. The number of hydrogen-bond donors (Lipinski definition) is 1. The average Bonchev–Trinajstić information content (AvgIpc) is 2.90. The van der Waals surface area contributed by atoms with E-state index < -0.39 is 11.6 Å². The van der Waals surface area contributed by atoms with Gasteiger partial charge in [-0.2, -0.15) is 0 Å². The number of rotatable bonds is 3. The third-order valence-electron chi connectivity index (χ3n) is 4.16. The van der Waals surface area contributed by atoms with Crippen LogP contribution >= 0.6 is 0 Å². The van der Waals surface area contributed by atoms with Gasteiger partial charge < -0.3 is 15.2 Å². The number of halogens is 2. The summed E-state index contributed by atoms with van der Waals surface area (Å²) in [4.78, 5) is 0. The van der Waals surface area contributed by atoms with Gasteiger partial charge in [0.05, 0.1) is 19.8 Å². The zero-order chi connectivity index (χ0) is 15.9. The van der Waals surface area contributed by atoms with Gasteiger partial charge in [-0.3, -0.25) is 0 Å². The third-order valence-corrected chi connectivity index (χ3v) is 4.16. The second kappa shape index (κ2) is 5.57. The molecule has 0 aliphatic heterocycles. The fraction of sp³-hybridized carbons (Fsp3) is 0.294. The van der Waals surface area contributed by atoms with Crippen molar-refractivity contribution in [1.29, 1.82) is 0 Å². The van der Waals surface area contributed by atoms with E-state index in [-0.39, 0.29) is 23.1 Å². The summed E-state index contributed by atoms with van der Waals surface area (Å²) in [5.41, 5.74) is 8.27. The largest absolute Gasteiger partial charge is 0.494 e. The van der Waals surface area contributed by atoms with Crippen LogP contribution in [0, 0.1) is 11.6 Å². The molecule has 1 aliphatic carbocycles. The summed E-state index contributed by atoms with van der Waals surface area (Å²) in [6, 6.07) is 6.50. The van der Waals surface area contributed by atoms with Gasteiger partial charge >= 0.3 is 0 Å². The van der Waals surface area contributed by atoms with E-state index in [0.717, 1.165) is 17.5 Å². The summed E-state index contributed by atoms with van der Waals surface area (Å²) in [6.07, 6.45) is 1.47. The van der Waals surface area contributed by atoms with Crippen molar-refractivity contribution in [3.63, 3.8) is 0 Å². The van der Waals surface area contributed by atoms with Crippen LogP contribution in [0.5, 0.6) is 11.5 Å². The van der Waals surface area contributed by atoms with Crippen molar-refractivity contribution in [2.45, 2.75) is 18.9 Å². The Morgan fingerprint density at radius 2 is 1.73 bits per heavy atom. The average molecular weight is 305 g/mol. The lowest BCUT2D eigenvalue weighted by Gasteiger charge is -2.15. The van der Waals surface area contributed by atoms with Gasteiger partial charge in [0.2, 0.25) is 0 Å². The first-order valence-electron chi connectivity index (χ1n) is 7.06. The fourth-order valence-corrected chi connectivity index (χ4v) is 3.04. The molecule has 116 valence electrons. The Labute approximate surface area is 127 Å². The van der Waals surface area contributed by atoms with E-state index in [1.165, 1.54) is 20.3 Å². The minimum atomic E-state index is -0.727. The predicted octanol–water partition coefficient (Wildman–Crippen LogP) is 3.60. The Morgan fingerprint density at radius 3 is 2.32 bits per heavy atom. The summed E-state index contributed by atoms with van der Waals surface area (Å²) >= 11 is 0. The number of nitrogens with two attached hydrogens (primary N) is 1. The maximum Gasteiger partial charge on any atom is 0.176 e. The zero-order valence-corrected chi connectivity index (χ0v) is 12.5. The molecule has 3 rings (SSSR count). The molecule has 3 nitrogen and oxygen atoms in total. The maximum absolute atomic E-state index is 14.6. The highest BCUT2D eigenvalue weighted by Crippen LogP contribution is 2.42. The van der Waals surface area contributed by atoms with Gasteiger partial charge in [0.15, 0.2) is 23.1 Å². The minimum Gasteiger partial charge on any atom is -0.494 e. The van der Waals surface area contributed by atoms with Crippen molar-refractivity contribution < 1.29 is 18.3 Å². The Bertz CT molecular complexity index is 703. The summed E-state index contributed by atoms with van der Waals surface area (Å²) in [6.45, 7) is 0. The van der Waals surface area contributed by atoms with Crippen molar-refractivity contribution in [2.24, 2.45) is 5.73 Å². The highest BCUT2D eigenvalue weighted by Gasteiger charge is 2.27. The number of benzene rings is 2. The van der Waals surface area contributed by atoms with Crippen molar-refractivity contribution >= 4 is 0 Å². The molecule has 0 aromatic heterocycles. The molecule has 0 saturated heterocycles. The molecular weight excluding hydrogens is 288 g/mol. The molecule has 0 spiro atoms. The zero-order valence-electron chi connectivity index (χ0n) is 12.5. The SMILES string of the molecule is COc1cc(OC)c(F)c(-c2cccc3c2CC[C@H]3N)c1F. The molecular formula is C17H17F2NO2. The third kappa shape index (κ3) is 2.13. The van der Waals surface area contributed by atoms with Gasteiger partial charge in [-0.25, -0.2) is 8.78 Å². The Morgan fingerprint density at radius 1 is 1.09 bits per heavy atom. The highest BCUT2D eigenvalue weighted by molar-refractivity contribution is 5.74. The topological polar surface area (TPSA) is 44.5 Å². The van der Waals surface area contributed by atoms with E-state index in [0.29, 0.717) is 12.0 Å². The van der Waals surface area contributed by atoms with E-state index in [1.807, 2.05) is 6.07 Å². The van der Waals surface area contributed by atoms with E-state index >= 15 is 0 Å². The first kappa shape index (κ1) is 14.8. The van der Waals surface area contributed by atoms with E-state index in [2.05, 4.69) is 0 Å². The van der Waals surface area contributed by atoms with Gasteiger partial charge in [0, 0.05) is 12.1 Å². The molecule has 0 unspecified atom stereocenters. The predicted molar refractivity (Wildman–Crippen MR) is 80.1 cm³/mol. The molecule has 2 aromatic carbocycles. The van der Waals surface area contributed by atoms with Gasteiger partial charge in [-0.15, -0.1) is 0 Å². The highest BCUT2D eigenvalue weighted by atomic mass is 19.1. The quantitative estimate of drug-likeness (QED) is 0.942. The van der Waals surface area contributed by atoms with E-state index in [9.17, 15) is 8.78 Å². The molecule has 1 atom stereocenters. The molecule has 0 fully saturated rings. The normalized spacial score (nSPS) is 16.5. The van der Waals surface area contributed by atoms with Gasteiger partial charge in [0.25, 0.3) is 0 Å². The lowest BCUT2D eigenvalue weighted by Crippen LogP contribution is -2.05. The number of methoxy groups -OCH3 is 2. The lowest BCUT2D eigenvalue weighted by atomic mass is 9.95. The first-order valence-corrected chi connectivity index (χ1v) is 7.06. The molecule has 0 radical (unpaired) electrons. The van der Waals surface area contributed by atoms with Gasteiger partial charge in [-0.1, -0.05) is 18.2 Å². The van der Waals surface area contributed by atoms with Crippen LogP contribution in [0.15, 0.2) is 24.3 Å². The molecule has 2 N–H and O–H groups in total. The fourth-order valence-electron chi connectivity index (χ4n) is 3.04. The van der Waals surface area contributed by atoms with Crippen LogP contribution in [-0.4, -0.2) is 14.2 Å². The van der Waals surface area contributed by atoms with E-state index in [1.54, 1.807) is 12.1 Å². The second-order valence-electron chi connectivity index (χ2n) is 5.30. The molecule has 2 aromatic rings. The lowest BCUT2D eigenvalue weighted by molar-refractivity contribution is 0.360. The molecule has 1 aliphatic rings. The summed E-state index contributed by atoms with van der Waals surface area (Å²) in [5.74, 6) is -1.55. The van der Waals surface area contributed by atoms with Crippen LogP contribution in [0.3, 0.4) is 0 Å². The minimum absolute atomic E-state index is 0.0480. The molecule has 0 heterocycles. The Balaban J connectivity index is 2.30. The number of hydrogen-bond acceptors (Lipinski definition) is 3. The summed E-state index contributed by atoms with van der Waals surface area (Å²) in [7, 11) is 2.68. The standard InChI is InChI=1S/C17H17F2NO2/c1-21-13-8-14(22-2)17(19)15(16(13)18)11-5-3-4-10-9(11)6-7-12(10)20/h3-5,8,12H,6-7,20H2,1-2H3/t12-/m1/s1. The molecule has 0 bridgehead atoms. The summed E-state index contributed by atoms with van der Waals surface area (Å²) < 4.78 is 39.3. The van der Waals surface area contributed by atoms with Gasteiger partial charge in [0.1, 0.15) is 0 Å².